The molecule has 0 radical (unpaired) electrons. The molecule has 0 fully saturated rings. The Morgan fingerprint density at radius 2 is 1.55 bits per heavy atom. The molecule has 0 aromatic heterocycles. The maximum atomic E-state index is 12.6. The first-order chi connectivity index (χ1) is 9.71. The maximum absolute atomic E-state index is 12.6. The highest BCUT2D eigenvalue weighted by Crippen LogP contribution is 2.16. The van der Waals surface area contributed by atoms with E-state index in [1.165, 1.54) is 0 Å². The van der Waals surface area contributed by atoms with E-state index in [2.05, 4.69) is 13.8 Å². The Morgan fingerprint density at radius 1 is 1.00 bits per heavy atom. The molecule has 0 spiro atoms. The van der Waals surface area contributed by atoms with Gasteiger partial charge in [0, 0.05) is 32.2 Å². The van der Waals surface area contributed by atoms with Gasteiger partial charge < -0.3 is 14.4 Å². The van der Waals surface area contributed by atoms with E-state index >= 15 is 0 Å². The number of nitrogens with zero attached hydrogens (tertiary/aromatic N) is 1. The summed E-state index contributed by atoms with van der Waals surface area (Å²) in [6.45, 7) is 12.2. The number of ether oxygens (including phenoxy) is 2. The van der Waals surface area contributed by atoms with Crippen molar-refractivity contribution in [3.8, 4) is 0 Å². The third-order valence-electron chi connectivity index (χ3n) is 3.48. The smallest absolute Gasteiger partial charge is 0.225 e. The summed E-state index contributed by atoms with van der Waals surface area (Å²) in [5.74, 6) is 0.415. The summed E-state index contributed by atoms with van der Waals surface area (Å²) in [6, 6.07) is 0. The lowest BCUT2D eigenvalue weighted by Gasteiger charge is -2.27. The van der Waals surface area contributed by atoms with Gasteiger partial charge in [-0.15, -0.1) is 0 Å². The van der Waals surface area contributed by atoms with Crippen LogP contribution in [0.1, 0.15) is 53.4 Å². The van der Waals surface area contributed by atoms with Crippen LogP contribution in [-0.2, 0) is 14.3 Å². The minimum Gasteiger partial charge on any atom is -0.380 e. The van der Waals surface area contributed by atoms with Crippen molar-refractivity contribution in [2.75, 3.05) is 39.5 Å². The molecule has 20 heavy (non-hydrogen) atoms. The van der Waals surface area contributed by atoms with Crippen LogP contribution in [0.5, 0.6) is 0 Å². The lowest BCUT2D eigenvalue weighted by molar-refractivity contribution is -0.137. The van der Waals surface area contributed by atoms with Crippen LogP contribution in [0.4, 0.5) is 0 Å². The number of hydrogen-bond acceptors (Lipinski definition) is 3. The van der Waals surface area contributed by atoms with Gasteiger partial charge in [0.2, 0.25) is 5.91 Å². The Balaban J connectivity index is 4.40. The van der Waals surface area contributed by atoms with Gasteiger partial charge in [-0.25, -0.2) is 0 Å². The van der Waals surface area contributed by atoms with Gasteiger partial charge in [-0.1, -0.05) is 26.7 Å². The van der Waals surface area contributed by atoms with Crippen molar-refractivity contribution in [2.45, 2.75) is 53.4 Å². The van der Waals surface area contributed by atoms with Crippen LogP contribution < -0.4 is 0 Å². The number of carbonyl (C=O) groups is 1. The molecule has 1 amide bonds. The van der Waals surface area contributed by atoms with Crippen molar-refractivity contribution in [1.29, 1.82) is 0 Å². The summed E-state index contributed by atoms with van der Waals surface area (Å²) in [7, 11) is 0. The van der Waals surface area contributed by atoms with Gasteiger partial charge >= 0.3 is 0 Å². The topological polar surface area (TPSA) is 38.8 Å². The molecule has 0 aliphatic rings. The van der Waals surface area contributed by atoms with E-state index in [0.29, 0.717) is 39.5 Å². The average molecular weight is 287 g/mol. The first kappa shape index (κ1) is 19.4. The fraction of sp³-hybridized carbons (Fsp3) is 0.938. The van der Waals surface area contributed by atoms with Crippen LogP contribution in [0.25, 0.3) is 0 Å². The average Bonchev–Trinajstić information content (AvgIpc) is 2.46. The van der Waals surface area contributed by atoms with E-state index in [4.69, 9.17) is 9.47 Å². The van der Waals surface area contributed by atoms with Crippen molar-refractivity contribution in [1.82, 2.24) is 4.90 Å². The zero-order valence-corrected chi connectivity index (χ0v) is 13.8. The minimum atomic E-state index is 0.151. The molecule has 4 nitrogen and oxygen atoms in total. The van der Waals surface area contributed by atoms with Gasteiger partial charge in [0.05, 0.1) is 13.2 Å². The predicted molar refractivity (Wildman–Crippen MR) is 82.9 cm³/mol. The van der Waals surface area contributed by atoms with Crippen LogP contribution in [0.3, 0.4) is 0 Å². The van der Waals surface area contributed by atoms with Gasteiger partial charge in [0.15, 0.2) is 0 Å². The van der Waals surface area contributed by atoms with Crippen molar-refractivity contribution >= 4 is 5.91 Å². The molecule has 0 saturated carbocycles. The van der Waals surface area contributed by atoms with Crippen molar-refractivity contribution in [3.63, 3.8) is 0 Å². The first-order valence-electron chi connectivity index (χ1n) is 8.15. The Hall–Kier alpha value is -0.610. The van der Waals surface area contributed by atoms with Gasteiger partial charge in [0.1, 0.15) is 0 Å². The molecule has 0 bridgehead atoms. The summed E-state index contributed by atoms with van der Waals surface area (Å²) < 4.78 is 10.8. The molecule has 120 valence electrons. The molecular weight excluding hydrogens is 254 g/mol. The van der Waals surface area contributed by atoms with Gasteiger partial charge in [0.25, 0.3) is 0 Å². The van der Waals surface area contributed by atoms with E-state index in [1.807, 2.05) is 18.7 Å². The Morgan fingerprint density at radius 3 is 1.95 bits per heavy atom. The summed E-state index contributed by atoms with van der Waals surface area (Å²) in [4.78, 5) is 14.5. The standard InChI is InChI=1S/C16H33NO3/c1-5-9-10-15(6-2)16(18)17(11-13-19-7-3)12-14-20-8-4/h15H,5-14H2,1-4H3/t15-/m1/s1. The van der Waals surface area contributed by atoms with E-state index in [9.17, 15) is 4.79 Å². The molecule has 0 heterocycles. The van der Waals surface area contributed by atoms with E-state index in [1.54, 1.807) is 0 Å². The largest absolute Gasteiger partial charge is 0.380 e. The molecule has 0 aromatic carbocycles. The van der Waals surface area contributed by atoms with Gasteiger partial charge in [-0.3, -0.25) is 4.79 Å². The lowest BCUT2D eigenvalue weighted by atomic mass is 9.97. The summed E-state index contributed by atoms with van der Waals surface area (Å²) in [5.41, 5.74) is 0. The number of hydrogen-bond donors (Lipinski definition) is 0. The minimum absolute atomic E-state index is 0.151. The normalized spacial score (nSPS) is 12.4. The SMILES string of the molecule is CCCC[C@@H](CC)C(=O)N(CCOCC)CCOCC. The van der Waals surface area contributed by atoms with E-state index < -0.39 is 0 Å². The summed E-state index contributed by atoms with van der Waals surface area (Å²) in [5, 5.41) is 0. The second kappa shape index (κ2) is 13.4. The van der Waals surface area contributed by atoms with Gasteiger partial charge in [-0.2, -0.15) is 0 Å². The quantitative estimate of drug-likeness (QED) is 0.489. The molecule has 0 rings (SSSR count). The number of amides is 1. The van der Waals surface area contributed by atoms with E-state index in [0.717, 1.165) is 25.7 Å². The second-order valence-electron chi connectivity index (χ2n) is 4.97. The molecule has 1 atom stereocenters. The van der Waals surface area contributed by atoms with E-state index in [-0.39, 0.29) is 11.8 Å². The van der Waals surface area contributed by atoms with Crippen LogP contribution >= 0.6 is 0 Å². The van der Waals surface area contributed by atoms with Crippen LogP contribution in [-0.4, -0.2) is 50.3 Å². The van der Waals surface area contributed by atoms with Crippen molar-refractivity contribution in [3.05, 3.63) is 0 Å². The first-order valence-corrected chi connectivity index (χ1v) is 8.15. The number of carbonyl (C=O) groups excluding carboxylic acids is 1. The zero-order chi connectivity index (χ0) is 15.2. The fourth-order valence-corrected chi connectivity index (χ4v) is 2.18. The molecule has 0 saturated heterocycles. The highest BCUT2D eigenvalue weighted by molar-refractivity contribution is 5.78. The van der Waals surface area contributed by atoms with Crippen molar-refractivity contribution < 1.29 is 14.3 Å². The molecular formula is C16H33NO3. The second-order valence-corrected chi connectivity index (χ2v) is 4.97. The third kappa shape index (κ3) is 8.54. The van der Waals surface area contributed by atoms with Crippen LogP contribution in [0, 0.1) is 5.92 Å². The van der Waals surface area contributed by atoms with Gasteiger partial charge in [-0.05, 0) is 26.7 Å². The zero-order valence-electron chi connectivity index (χ0n) is 13.8. The molecule has 0 aliphatic heterocycles. The molecule has 4 heteroatoms. The maximum Gasteiger partial charge on any atom is 0.225 e. The summed E-state index contributed by atoms with van der Waals surface area (Å²) in [6.07, 6.45) is 4.17. The number of rotatable bonds is 13. The number of unbranched alkanes of at least 4 members (excludes halogenated alkanes) is 1. The Labute approximate surface area is 124 Å². The van der Waals surface area contributed by atoms with Crippen LogP contribution in [0.2, 0.25) is 0 Å². The third-order valence-corrected chi connectivity index (χ3v) is 3.48. The van der Waals surface area contributed by atoms with Crippen LogP contribution in [0.15, 0.2) is 0 Å². The highest BCUT2D eigenvalue weighted by Gasteiger charge is 2.22. The predicted octanol–water partition coefficient (Wildman–Crippen LogP) is 3.10. The monoisotopic (exact) mass is 287 g/mol. The Bertz CT molecular complexity index is 224. The highest BCUT2D eigenvalue weighted by atomic mass is 16.5. The molecule has 0 N–H and O–H groups in total. The summed E-state index contributed by atoms with van der Waals surface area (Å²) >= 11 is 0. The Kier molecular flexibility index (Phi) is 13.0. The van der Waals surface area contributed by atoms with Crippen molar-refractivity contribution in [2.24, 2.45) is 5.92 Å². The molecule has 0 aliphatic carbocycles. The lowest BCUT2D eigenvalue weighted by Crippen LogP contribution is -2.40. The fourth-order valence-electron chi connectivity index (χ4n) is 2.18. The molecule has 0 aromatic rings. The molecule has 0 unspecified atom stereocenters.